The first-order valence-electron chi connectivity index (χ1n) is 4.63. The van der Waals surface area contributed by atoms with Gasteiger partial charge in [0.05, 0.1) is 13.4 Å². The first-order chi connectivity index (χ1) is 7.83. The summed E-state index contributed by atoms with van der Waals surface area (Å²) in [6.45, 7) is 0. The van der Waals surface area contributed by atoms with E-state index < -0.39 is 15.0 Å². The predicted octanol–water partition coefficient (Wildman–Crippen LogP) is 1.15. The number of methoxy groups -OCH3 is 1. The highest BCUT2D eigenvalue weighted by molar-refractivity contribution is 9.10. The summed E-state index contributed by atoms with van der Waals surface area (Å²) in [5.41, 5.74) is 0.392. The lowest BCUT2D eigenvalue weighted by molar-refractivity contribution is 0.0987. The third-order valence-electron chi connectivity index (χ3n) is 1.92. The molecule has 1 aromatic carbocycles. The van der Waals surface area contributed by atoms with Crippen LogP contribution in [0.1, 0.15) is 10.4 Å². The van der Waals surface area contributed by atoms with Crippen molar-refractivity contribution in [3.05, 3.63) is 29.8 Å². The second-order valence-corrected chi connectivity index (χ2v) is 6.04. The lowest BCUT2D eigenvalue weighted by atomic mass is 10.1. The fraction of sp³-hybridized carbons (Fsp3) is 0.300. The zero-order valence-electron chi connectivity index (χ0n) is 9.31. The number of hydrogen-bond acceptors (Lipinski definition) is 4. The molecule has 5 nitrogen and oxygen atoms in total. The van der Waals surface area contributed by atoms with E-state index in [1.807, 2.05) is 0 Å². The Bertz CT molecular complexity index is 498. The van der Waals surface area contributed by atoms with Gasteiger partial charge in [-0.2, -0.15) is 4.72 Å². The van der Waals surface area contributed by atoms with Crippen LogP contribution < -0.4 is 9.46 Å². The van der Waals surface area contributed by atoms with Crippen LogP contribution in [0.25, 0.3) is 0 Å². The molecule has 1 rings (SSSR count). The van der Waals surface area contributed by atoms with E-state index in [0.717, 1.165) is 6.26 Å². The van der Waals surface area contributed by atoms with Crippen LogP contribution >= 0.6 is 15.9 Å². The lowest BCUT2D eigenvalue weighted by Crippen LogP contribution is -2.35. The van der Waals surface area contributed by atoms with Gasteiger partial charge in [0.15, 0.2) is 5.78 Å². The van der Waals surface area contributed by atoms with E-state index in [0.29, 0.717) is 11.3 Å². The Labute approximate surface area is 108 Å². The Morgan fingerprint density at radius 2 is 1.88 bits per heavy atom. The van der Waals surface area contributed by atoms with Crippen molar-refractivity contribution >= 4 is 31.7 Å². The molecule has 0 radical (unpaired) electrons. The summed E-state index contributed by atoms with van der Waals surface area (Å²) in [5, 5.41) is 0. The van der Waals surface area contributed by atoms with Crippen LogP contribution in [0, 0.1) is 0 Å². The zero-order valence-corrected chi connectivity index (χ0v) is 11.7. The number of rotatable bonds is 5. The van der Waals surface area contributed by atoms with Gasteiger partial charge in [-0.15, -0.1) is 0 Å². The number of ether oxygens (including phenoxy) is 1. The number of sulfonamides is 1. The molecule has 1 N–H and O–H groups in total. The molecule has 0 heterocycles. The molecule has 0 bridgehead atoms. The van der Waals surface area contributed by atoms with Gasteiger partial charge in [-0.3, -0.25) is 4.79 Å². The van der Waals surface area contributed by atoms with Gasteiger partial charge in [0.1, 0.15) is 10.7 Å². The number of alkyl halides is 1. The molecule has 0 saturated carbocycles. The lowest BCUT2D eigenvalue weighted by Gasteiger charge is -2.09. The number of nitrogens with one attached hydrogen (secondary N) is 1. The van der Waals surface area contributed by atoms with Crippen molar-refractivity contribution in [3.63, 3.8) is 0 Å². The molecule has 0 fully saturated rings. The van der Waals surface area contributed by atoms with Crippen molar-refractivity contribution in [1.82, 2.24) is 4.72 Å². The van der Waals surface area contributed by atoms with Crippen molar-refractivity contribution < 1.29 is 17.9 Å². The molecule has 0 aliphatic carbocycles. The van der Waals surface area contributed by atoms with Crippen LogP contribution in [-0.2, 0) is 10.0 Å². The van der Waals surface area contributed by atoms with E-state index in [9.17, 15) is 13.2 Å². The summed E-state index contributed by atoms with van der Waals surface area (Å²) in [4.78, 5) is 10.8. The first kappa shape index (κ1) is 14.1. The maximum atomic E-state index is 11.8. The van der Waals surface area contributed by atoms with Crippen molar-refractivity contribution in [2.75, 3.05) is 13.4 Å². The summed E-state index contributed by atoms with van der Waals surface area (Å²) in [7, 11) is -1.91. The normalized spacial score (nSPS) is 13.1. The third kappa shape index (κ3) is 4.45. The molecule has 0 aliphatic rings. The smallest absolute Gasteiger partial charge is 0.210 e. The summed E-state index contributed by atoms with van der Waals surface area (Å²) >= 11 is 2.98. The van der Waals surface area contributed by atoms with Crippen molar-refractivity contribution in [3.8, 4) is 5.75 Å². The highest BCUT2D eigenvalue weighted by Gasteiger charge is 2.20. The molecule has 94 valence electrons. The number of Topliss-reactive ketones (excluding diaryl/α,β-unsaturated/α-hetero) is 1. The number of carbonyl (C=O) groups is 1. The number of hydrogen-bond donors (Lipinski definition) is 1. The van der Waals surface area contributed by atoms with E-state index in [1.54, 1.807) is 24.3 Å². The van der Waals surface area contributed by atoms with Crippen LogP contribution in [0.15, 0.2) is 24.3 Å². The van der Waals surface area contributed by atoms with Crippen LogP contribution in [0.2, 0.25) is 0 Å². The molecule has 0 spiro atoms. The van der Waals surface area contributed by atoms with Gasteiger partial charge in [-0.05, 0) is 24.3 Å². The second kappa shape index (κ2) is 5.61. The topological polar surface area (TPSA) is 72.5 Å². The van der Waals surface area contributed by atoms with E-state index in [1.165, 1.54) is 7.11 Å². The minimum atomic E-state index is -3.43. The number of carbonyl (C=O) groups excluding carboxylic acids is 1. The van der Waals surface area contributed by atoms with Crippen LogP contribution in [0.3, 0.4) is 0 Å². The molecule has 17 heavy (non-hydrogen) atoms. The predicted molar refractivity (Wildman–Crippen MR) is 68.0 cm³/mol. The summed E-state index contributed by atoms with van der Waals surface area (Å²) in [5.74, 6) is 0.266. The van der Waals surface area contributed by atoms with E-state index >= 15 is 0 Å². The summed E-state index contributed by atoms with van der Waals surface area (Å²) in [6.07, 6.45) is 0.989. The number of benzene rings is 1. The van der Waals surface area contributed by atoms with E-state index in [-0.39, 0.29) is 5.78 Å². The summed E-state index contributed by atoms with van der Waals surface area (Å²) in [6, 6.07) is 6.40. The molecule has 0 aromatic heterocycles. The van der Waals surface area contributed by atoms with Gasteiger partial charge in [0.2, 0.25) is 10.0 Å². The quantitative estimate of drug-likeness (QED) is 0.501. The molecule has 7 heteroatoms. The average molecular weight is 322 g/mol. The average Bonchev–Trinajstić information content (AvgIpc) is 2.26. The van der Waals surface area contributed by atoms with Gasteiger partial charge in [-0.1, -0.05) is 15.9 Å². The largest absolute Gasteiger partial charge is 0.497 e. The van der Waals surface area contributed by atoms with E-state index in [2.05, 4.69) is 20.7 Å². The van der Waals surface area contributed by atoms with Crippen LogP contribution in [-0.4, -0.2) is 32.5 Å². The molecule has 0 saturated heterocycles. The van der Waals surface area contributed by atoms with Gasteiger partial charge in [0.25, 0.3) is 0 Å². The van der Waals surface area contributed by atoms with Gasteiger partial charge >= 0.3 is 0 Å². The first-order valence-corrected chi connectivity index (χ1v) is 7.44. The van der Waals surface area contributed by atoms with Gasteiger partial charge in [0, 0.05) is 5.56 Å². The number of halogens is 1. The zero-order chi connectivity index (χ0) is 13.1. The summed E-state index contributed by atoms with van der Waals surface area (Å²) < 4.78 is 29.0. The Morgan fingerprint density at radius 1 is 1.35 bits per heavy atom. The monoisotopic (exact) mass is 321 g/mol. The Balaban J connectivity index is 2.81. The molecular formula is C10H12BrNO4S. The fourth-order valence-corrected chi connectivity index (χ4v) is 2.91. The second-order valence-electron chi connectivity index (χ2n) is 3.35. The highest BCUT2D eigenvalue weighted by Crippen LogP contribution is 2.14. The van der Waals surface area contributed by atoms with Gasteiger partial charge in [-0.25, -0.2) is 8.42 Å². The van der Waals surface area contributed by atoms with Gasteiger partial charge < -0.3 is 4.74 Å². The van der Waals surface area contributed by atoms with Crippen molar-refractivity contribution in [2.45, 2.75) is 4.95 Å². The van der Waals surface area contributed by atoms with Crippen molar-refractivity contribution in [2.24, 2.45) is 0 Å². The molecule has 0 aliphatic heterocycles. The molecule has 1 unspecified atom stereocenters. The highest BCUT2D eigenvalue weighted by atomic mass is 79.9. The molecule has 1 aromatic rings. The minimum Gasteiger partial charge on any atom is -0.497 e. The SMILES string of the molecule is COc1ccc(C(=O)C(Br)NS(C)(=O)=O)cc1. The Morgan fingerprint density at radius 3 is 2.29 bits per heavy atom. The standard InChI is InChI=1S/C10H12BrNO4S/c1-16-8-5-3-7(4-6-8)9(13)10(11)12-17(2,14)15/h3-6,10,12H,1-2H3. The third-order valence-corrected chi connectivity index (χ3v) is 3.53. The minimum absolute atomic E-state index is 0.363. The maximum absolute atomic E-state index is 11.8. The molecule has 1 atom stereocenters. The van der Waals surface area contributed by atoms with Crippen LogP contribution in [0.4, 0.5) is 0 Å². The number of ketones is 1. The van der Waals surface area contributed by atoms with Crippen molar-refractivity contribution in [1.29, 1.82) is 0 Å². The fourth-order valence-electron chi connectivity index (χ4n) is 1.14. The molecular weight excluding hydrogens is 310 g/mol. The Kier molecular flexibility index (Phi) is 4.67. The maximum Gasteiger partial charge on any atom is 0.210 e. The van der Waals surface area contributed by atoms with E-state index in [4.69, 9.17) is 4.74 Å². The Hall–Kier alpha value is -0.920. The van der Waals surface area contributed by atoms with Crippen LogP contribution in [0.5, 0.6) is 5.75 Å². The molecule has 0 amide bonds.